The number of aryl methyl sites for hydroxylation is 1. The maximum atomic E-state index is 14.5. The number of nitrogens with zero attached hydrogens (tertiary/aromatic N) is 4. The Bertz CT molecular complexity index is 1190. The zero-order chi connectivity index (χ0) is 22.8. The molecule has 2 aromatic heterocycles. The molecule has 1 amide bonds. The minimum absolute atomic E-state index is 0.00176. The van der Waals surface area contributed by atoms with E-state index in [9.17, 15) is 14.0 Å². The van der Waals surface area contributed by atoms with Crippen molar-refractivity contribution in [1.82, 2.24) is 19.7 Å². The van der Waals surface area contributed by atoms with Crippen LogP contribution in [0.15, 0.2) is 30.7 Å². The van der Waals surface area contributed by atoms with E-state index >= 15 is 0 Å². The molecule has 1 aliphatic carbocycles. The highest BCUT2D eigenvalue weighted by atomic mass is 19.1. The molecular formula is C22H23FN6O3. The molecule has 0 aliphatic heterocycles. The van der Waals surface area contributed by atoms with Crippen molar-refractivity contribution in [3.8, 4) is 17.1 Å². The largest absolute Gasteiger partial charge is 0.494 e. The van der Waals surface area contributed by atoms with Crippen LogP contribution in [0.25, 0.3) is 11.4 Å². The predicted octanol–water partition coefficient (Wildman–Crippen LogP) is 3.71. The van der Waals surface area contributed by atoms with Crippen LogP contribution in [0.4, 0.5) is 21.6 Å². The van der Waals surface area contributed by atoms with Gasteiger partial charge in [-0.15, -0.1) is 0 Å². The summed E-state index contributed by atoms with van der Waals surface area (Å²) in [5, 5.41) is 10.1. The van der Waals surface area contributed by atoms with E-state index in [-0.39, 0.29) is 29.7 Å². The van der Waals surface area contributed by atoms with Crippen LogP contribution in [0.1, 0.15) is 36.5 Å². The SMILES string of the molecule is CCC(=O)c1cnc(NC(=O)C2CC2)cc1Nc1cc(F)cc(-c2ncn(C)n2)c1OC. The van der Waals surface area contributed by atoms with E-state index in [2.05, 4.69) is 25.7 Å². The van der Waals surface area contributed by atoms with Crippen LogP contribution in [-0.4, -0.2) is 38.5 Å². The number of pyridine rings is 1. The van der Waals surface area contributed by atoms with E-state index in [0.717, 1.165) is 12.8 Å². The van der Waals surface area contributed by atoms with Gasteiger partial charge in [0.15, 0.2) is 17.4 Å². The summed E-state index contributed by atoms with van der Waals surface area (Å²) >= 11 is 0. The fourth-order valence-corrected chi connectivity index (χ4v) is 3.29. The van der Waals surface area contributed by atoms with Crippen LogP contribution in [0.2, 0.25) is 0 Å². The predicted molar refractivity (Wildman–Crippen MR) is 116 cm³/mol. The lowest BCUT2D eigenvalue weighted by molar-refractivity contribution is -0.117. The molecule has 0 radical (unpaired) electrons. The molecule has 9 nitrogen and oxygen atoms in total. The van der Waals surface area contributed by atoms with Crippen LogP contribution in [0.5, 0.6) is 5.75 Å². The van der Waals surface area contributed by atoms with Gasteiger partial charge in [-0.2, -0.15) is 5.10 Å². The van der Waals surface area contributed by atoms with Gasteiger partial charge in [-0.05, 0) is 18.9 Å². The van der Waals surface area contributed by atoms with Gasteiger partial charge < -0.3 is 15.4 Å². The topological polar surface area (TPSA) is 111 Å². The second-order valence-corrected chi connectivity index (χ2v) is 7.56. The average molecular weight is 438 g/mol. The number of ether oxygens (including phenoxy) is 1. The Morgan fingerprint density at radius 2 is 2.00 bits per heavy atom. The quantitative estimate of drug-likeness (QED) is 0.516. The van der Waals surface area contributed by atoms with Crippen molar-refractivity contribution >= 4 is 28.9 Å². The molecule has 0 saturated heterocycles. The Kier molecular flexibility index (Phi) is 5.85. The number of nitrogens with one attached hydrogen (secondary N) is 2. The first-order chi connectivity index (χ1) is 15.4. The van der Waals surface area contributed by atoms with Crippen LogP contribution in [0.3, 0.4) is 0 Å². The molecule has 0 unspecified atom stereocenters. The molecule has 0 bridgehead atoms. The van der Waals surface area contributed by atoms with Gasteiger partial charge in [0.1, 0.15) is 18.0 Å². The lowest BCUT2D eigenvalue weighted by Crippen LogP contribution is -2.15. The molecule has 1 fully saturated rings. The first-order valence-corrected chi connectivity index (χ1v) is 10.2. The third-order valence-corrected chi connectivity index (χ3v) is 5.09. The summed E-state index contributed by atoms with van der Waals surface area (Å²) in [6, 6.07) is 4.10. The molecule has 10 heteroatoms. The fraction of sp³-hybridized carbons (Fsp3) is 0.318. The molecular weight excluding hydrogens is 415 g/mol. The summed E-state index contributed by atoms with van der Waals surface area (Å²) in [6.07, 6.45) is 4.88. The number of rotatable bonds is 8. The smallest absolute Gasteiger partial charge is 0.228 e. The van der Waals surface area contributed by atoms with Crippen molar-refractivity contribution in [2.24, 2.45) is 13.0 Å². The molecule has 32 heavy (non-hydrogen) atoms. The van der Waals surface area contributed by atoms with Gasteiger partial charge in [-0.25, -0.2) is 14.4 Å². The number of methoxy groups -OCH3 is 1. The molecule has 1 aromatic carbocycles. The number of carbonyl (C=O) groups is 2. The summed E-state index contributed by atoms with van der Waals surface area (Å²) in [5.74, 6) is 0.125. The normalized spacial score (nSPS) is 13.0. The summed E-state index contributed by atoms with van der Waals surface area (Å²) < 4.78 is 21.6. The van der Waals surface area contributed by atoms with E-state index in [0.29, 0.717) is 34.2 Å². The van der Waals surface area contributed by atoms with Gasteiger partial charge in [0, 0.05) is 37.7 Å². The number of carbonyl (C=O) groups excluding carboxylic acids is 2. The molecule has 3 aromatic rings. The standard InChI is InChI=1S/C22H23FN6O3/c1-4-18(30)15-10-24-19(27-22(31)12-5-6-12)9-16(15)26-17-8-13(23)7-14(20(17)32-3)21-25-11-29(2)28-21/h7-12H,4-6H2,1-3H3,(H2,24,26,27,31). The number of hydrogen-bond donors (Lipinski definition) is 2. The minimum Gasteiger partial charge on any atom is -0.494 e. The van der Waals surface area contributed by atoms with Gasteiger partial charge in [0.25, 0.3) is 0 Å². The molecule has 0 spiro atoms. The monoisotopic (exact) mass is 438 g/mol. The highest BCUT2D eigenvalue weighted by Gasteiger charge is 2.30. The lowest BCUT2D eigenvalue weighted by Gasteiger charge is -2.17. The molecule has 2 heterocycles. The van der Waals surface area contributed by atoms with Gasteiger partial charge in [0.2, 0.25) is 5.91 Å². The first-order valence-electron chi connectivity index (χ1n) is 10.2. The molecule has 4 rings (SSSR count). The summed E-state index contributed by atoms with van der Waals surface area (Å²) in [7, 11) is 3.16. The van der Waals surface area contributed by atoms with Gasteiger partial charge in [-0.1, -0.05) is 6.92 Å². The van der Waals surface area contributed by atoms with Crippen molar-refractivity contribution in [2.75, 3.05) is 17.7 Å². The van der Waals surface area contributed by atoms with E-state index in [1.165, 1.54) is 36.4 Å². The molecule has 166 valence electrons. The number of benzene rings is 1. The summed E-state index contributed by atoms with van der Waals surface area (Å²) in [5.41, 5.74) is 1.34. The van der Waals surface area contributed by atoms with E-state index in [1.807, 2.05) is 0 Å². The van der Waals surface area contributed by atoms with Crippen LogP contribution in [0, 0.1) is 11.7 Å². The number of anilines is 3. The minimum atomic E-state index is -0.532. The zero-order valence-corrected chi connectivity index (χ0v) is 18.0. The Hall–Kier alpha value is -3.82. The van der Waals surface area contributed by atoms with E-state index in [1.54, 1.807) is 20.0 Å². The molecule has 2 N–H and O–H groups in total. The summed E-state index contributed by atoms with van der Waals surface area (Å²) in [6.45, 7) is 1.74. The Balaban J connectivity index is 1.75. The lowest BCUT2D eigenvalue weighted by atomic mass is 10.1. The van der Waals surface area contributed by atoms with Crippen molar-refractivity contribution in [1.29, 1.82) is 0 Å². The number of ketones is 1. The van der Waals surface area contributed by atoms with E-state index < -0.39 is 5.82 Å². The Morgan fingerprint density at radius 3 is 2.62 bits per heavy atom. The number of halogens is 1. The molecule has 0 atom stereocenters. The van der Waals surface area contributed by atoms with Crippen LogP contribution in [-0.2, 0) is 11.8 Å². The van der Waals surface area contributed by atoms with Gasteiger partial charge in [-0.3, -0.25) is 14.3 Å². The fourth-order valence-electron chi connectivity index (χ4n) is 3.29. The van der Waals surface area contributed by atoms with Gasteiger partial charge in [0.05, 0.1) is 29.6 Å². The van der Waals surface area contributed by atoms with Crippen molar-refractivity contribution in [3.05, 3.63) is 42.1 Å². The number of amides is 1. The third-order valence-electron chi connectivity index (χ3n) is 5.09. The van der Waals surface area contributed by atoms with Crippen molar-refractivity contribution in [3.63, 3.8) is 0 Å². The van der Waals surface area contributed by atoms with Crippen molar-refractivity contribution < 1.29 is 18.7 Å². The zero-order valence-electron chi connectivity index (χ0n) is 18.0. The average Bonchev–Trinajstić information content (AvgIpc) is 3.54. The first kappa shape index (κ1) is 21.4. The summed E-state index contributed by atoms with van der Waals surface area (Å²) in [4.78, 5) is 33.0. The van der Waals surface area contributed by atoms with Crippen LogP contribution >= 0.6 is 0 Å². The third kappa shape index (κ3) is 4.43. The number of hydrogen-bond acceptors (Lipinski definition) is 7. The van der Waals surface area contributed by atoms with Gasteiger partial charge >= 0.3 is 0 Å². The van der Waals surface area contributed by atoms with Crippen LogP contribution < -0.4 is 15.4 Å². The second-order valence-electron chi connectivity index (χ2n) is 7.56. The maximum Gasteiger partial charge on any atom is 0.228 e. The highest BCUT2D eigenvalue weighted by Crippen LogP contribution is 2.38. The number of Topliss-reactive ketones (excluding diaryl/α,β-unsaturated/α-hetero) is 1. The maximum absolute atomic E-state index is 14.5. The number of aromatic nitrogens is 4. The molecule has 1 aliphatic rings. The second kappa shape index (κ2) is 8.74. The van der Waals surface area contributed by atoms with E-state index in [4.69, 9.17) is 4.74 Å². The molecule has 1 saturated carbocycles. The Labute approximate surface area is 184 Å². The Morgan fingerprint density at radius 1 is 1.22 bits per heavy atom. The highest BCUT2D eigenvalue weighted by molar-refractivity contribution is 6.03. The van der Waals surface area contributed by atoms with Crippen molar-refractivity contribution in [2.45, 2.75) is 26.2 Å².